The van der Waals surface area contributed by atoms with E-state index < -0.39 is 0 Å². The van der Waals surface area contributed by atoms with Crippen LogP contribution >= 0.6 is 0 Å². The van der Waals surface area contributed by atoms with Crippen molar-refractivity contribution in [3.8, 4) is 0 Å². The summed E-state index contributed by atoms with van der Waals surface area (Å²) in [5, 5.41) is 3.39. The molecule has 3 saturated heterocycles. The van der Waals surface area contributed by atoms with E-state index in [2.05, 4.69) is 40.8 Å². The highest BCUT2D eigenvalue weighted by Gasteiger charge is 2.41. The Hall–Kier alpha value is -0.650. The van der Waals surface area contributed by atoms with E-state index in [1.54, 1.807) is 0 Å². The van der Waals surface area contributed by atoms with Crippen molar-refractivity contribution in [1.82, 2.24) is 20.0 Å². The highest BCUT2D eigenvalue weighted by molar-refractivity contribution is 5.82. The van der Waals surface area contributed by atoms with Crippen LogP contribution in [0.3, 0.4) is 0 Å². The molecule has 0 bridgehead atoms. The van der Waals surface area contributed by atoms with Crippen molar-refractivity contribution in [3.05, 3.63) is 0 Å². The number of amides is 1. The number of carbonyl (C=O) groups excluding carboxylic acids is 1. The maximum atomic E-state index is 12.7. The lowest BCUT2D eigenvalue weighted by atomic mass is 10.0. The van der Waals surface area contributed by atoms with E-state index in [0.29, 0.717) is 24.0 Å². The standard InChI is InChI=1S/C16H30N4O/c1-12-4-5-13(2)20(12)14(3)16(21)19-10-15(11-19)18-8-6-17-7-9-18/h12-15,17H,4-11H2,1-3H3. The van der Waals surface area contributed by atoms with E-state index in [1.807, 2.05) is 0 Å². The van der Waals surface area contributed by atoms with Gasteiger partial charge in [-0.1, -0.05) is 0 Å². The van der Waals surface area contributed by atoms with Crippen LogP contribution in [0.25, 0.3) is 0 Å². The molecule has 0 aromatic heterocycles. The molecule has 120 valence electrons. The number of hydrogen-bond acceptors (Lipinski definition) is 4. The highest BCUT2D eigenvalue weighted by atomic mass is 16.2. The van der Waals surface area contributed by atoms with Crippen molar-refractivity contribution < 1.29 is 4.79 Å². The molecule has 0 radical (unpaired) electrons. The lowest BCUT2D eigenvalue weighted by Crippen LogP contribution is -2.66. The minimum atomic E-state index is 0.0430. The fourth-order valence-electron chi connectivity index (χ4n) is 4.28. The molecule has 5 heteroatoms. The van der Waals surface area contributed by atoms with Gasteiger partial charge in [0.25, 0.3) is 0 Å². The lowest BCUT2D eigenvalue weighted by Gasteiger charge is -2.48. The van der Waals surface area contributed by atoms with Gasteiger partial charge in [-0.15, -0.1) is 0 Å². The Labute approximate surface area is 128 Å². The molecular weight excluding hydrogens is 264 g/mol. The minimum Gasteiger partial charge on any atom is -0.338 e. The van der Waals surface area contributed by atoms with E-state index in [4.69, 9.17) is 0 Å². The van der Waals surface area contributed by atoms with Crippen molar-refractivity contribution in [3.63, 3.8) is 0 Å². The van der Waals surface area contributed by atoms with Gasteiger partial charge in [0.1, 0.15) is 0 Å². The number of carbonyl (C=O) groups is 1. The van der Waals surface area contributed by atoms with Crippen molar-refractivity contribution in [2.45, 2.75) is 57.8 Å². The summed E-state index contributed by atoms with van der Waals surface area (Å²) >= 11 is 0. The summed E-state index contributed by atoms with van der Waals surface area (Å²) in [6.07, 6.45) is 2.45. The van der Waals surface area contributed by atoms with E-state index in [0.717, 1.165) is 39.3 Å². The zero-order valence-electron chi connectivity index (χ0n) is 13.7. The summed E-state index contributed by atoms with van der Waals surface area (Å²) in [7, 11) is 0. The monoisotopic (exact) mass is 294 g/mol. The van der Waals surface area contributed by atoms with Crippen molar-refractivity contribution >= 4 is 5.91 Å². The third kappa shape index (κ3) is 2.96. The highest BCUT2D eigenvalue weighted by Crippen LogP contribution is 2.27. The smallest absolute Gasteiger partial charge is 0.239 e. The van der Waals surface area contributed by atoms with E-state index in [1.165, 1.54) is 12.8 Å². The number of likely N-dealkylation sites (tertiary alicyclic amines) is 2. The van der Waals surface area contributed by atoms with Gasteiger partial charge >= 0.3 is 0 Å². The first-order valence-electron chi connectivity index (χ1n) is 8.59. The topological polar surface area (TPSA) is 38.8 Å². The van der Waals surface area contributed by atoms with E-state index in [9.17, 15) is 4.79 Å². The van der Waals surface area contributed by atoms with Gasteiger partial charge in [-0.3, -0.25) is 14.6 Å². The Bertz CT molecular complexity index is 366. The molecule has 5 nitrogen and oxygen atoms in total. The van der Waals surface area contributed by atoms with Crippen LogP contribution in [0.15, 0.2) is 0 Å². The SMILES string of the molecule is CC1CCC(C)N1C(C)C(=O)N1CC(N2CCNCC2)C1. The Kier molecular flexibility index (Phi) is 4.52. The largest absolute Gasteiger partial charge is 0.338 e. The van der Waals surface area contributed by atoms with Gasteiger partial charge in [-0.25, -0.2) is 0 Å². The molecule has 0 saturated carbocycles. The van der Waals surface area contributed by atoms with Crippen LogP contribution in [-0.4, -0.2) is 84.0 Å². The first-order valence-corrected chi connectivity index (χ1v) is 8.59. The molecular formula is C16H30N4O. The summed E-state index contributed by atoms with van der Waals surface area (Å²) in [5.41, 5.74) is 0. The molecule has 3 fully saturated rings. The Morgan fingerprint density at radius 1 is 1.10 bits per heavy atom. The molecule has 3 rings (SSSR count). The zero-order valence-corrected chi connectivity index (χ0v) is 13.7. The predicted molar refractivity (Wildman–Crippen MR) is 84.3 cm³/mol. The third-order valence-corrected chi connectivity index (χ3v) is 5.67. The predicted octanol–water partition coefficient (Wildman–Crippen LogP) is 0.364. The lowest BCUT2D eigenvalue weighted by molar-refractivity contribution is -0.145. The summed E-state index contributed by atoms with van der Waals surface area (Å²) in [4.78, 5) is 19.7. The number of hydrogen-bond donors (Lipinski definition) is 1. The van der Waals surface area contributed by atoms with Gasteiger partial charge < -0.3 is 10.2 Å². The maximum absolute atomic E-state index is 12.7. The summed E-state index contributed by atoms with van der Waals surface area (Å²) < 4.78 is 0. The molecule has 1 amide bonds. The molecule has 0 aromatic rings. The summed E-state index contributed by atoms with van der Waals surface area (Å²) in [6.45, 7) is 12.9. The summed E-state index contributed by atoms with van der Waals surface area (Å²) in [6, 6.07) is 1.73. The normalized spacial score (nSPS) is 34.0. The van der Waals surface area contributed by atoms with Gasteiger partial charge in [-0.05, 0) is 33.6 Å². The summed E-state index contributed by atoms with van der Waals surface area (Å²) in [5.74, 6) is 0.335. The Morgan fingerprint density at radius 3 is 2.24 bits per heavy atom. The average molecular weight is 294 g/mol. The Morgan fingerprint density at radius 2 is 1.67 bits per heavy atom. The number of piperazine rings is 1. The fraction of sp³-hybridized carbons (Fsp3) is 0.938. The number of rotatable bonds is 3. The first-order chi connectivity index (χ1) is 10.1. The minimum absolute atomic E-state index is 0.0430. The van der Waals surface area contributed by atoms with Crippen molar-refractivity contribution in [2.24, 2.45) is 0 Å². The second-order valence-corrected chi connectivity index (χ2v) is 7.08. The quantitative estimate of drug-likeness (QED) is 0.816. The van der Waals surface area contributed by atoms with Gasteiger partial charge in [0.2, 0.25) is 5.91 Å². The fourth-order valence-corrected chi connectivity index (χ4v) is 4.28. The van der Waals surface area contributed by atoms with Crippen LogP contribution in [0, 0.1) is 0 Å². The average Bonchev–Trinajstić information content (AvgIpc) is 2.77. The van der Waals surface area contributed by atoms with Crippen LogP contribution in [0.4, 0.5) is 0 Å². The molecule has 0 aliphatic carbocycles. The van der Waals surface area contributed by atoms with Crippen LogP contribution in [-0.2, 0) is 4.79 Å². The maximum Gasteiger partial charge on any atom is 0.239 e. The molecule has 3 heterocycles. The third-order valence-electron chi connectivity index (χ3n) is 5.67. The van der Waals surface area contributed by atoms with E-state index >= 15 is 0 Å². The molecule has 21 heavy (non-hydrogen) atoms. The first kappa shape index (κ1) is 15.3. The van der Waals surface area contributed by atoms with Gasteiger partial charge in [-0.2, -0.15) is 0 Å². The second kappa shape index (κ2) is 6.23. The molecule has 3 unspecified atom stereocenters. The zero-order chi connectivity index (χ0) is 15.0. The number of nitrogens with one attached hydrogen (secondary N) is 1. The second-order valence-electron chi connectivity index (χ2n) is 7.08. The molecule has 0 aromatic carbocycles. The van der Waals surface area contributed by atoms with Gasteiger partial charge in [0.05, 0.1) is 6.04 Å². The van der Waals surface area contributed by atoms with Gasteiger partial charge in [0, 0.05) is 57.4 Å². The number of nitrogens with zero attached hydrogens (tertiary/aromatic N) is 3. The van der Waals surface area contributed by atoms with E-state index in [-0.39, 0.29) is 6.04 Å². The van der Waals surface area contributed by atoms with Crippen LogP contribution in [0.2, 0.25) is 0 Å². The molecule has 3 aliphatic rings. The molecule has 3 atom stereocenters. The van der Waals surface area contributed by atoms with Crippen molar-refractivity contribution in [2.75, 3.05) is 39.3 Å². The van der Waals surface area contributed by atoms with Crippen LogP contribution in [0.1, 0.15) is 33.6 Å². The Balaban J connectivity index is 1.50. The molecule has 1 N–H and O–H groups in total. The van der Waals surface area contributed by atoms with Crippen LogP contribution in [0.5, 0.6) is 0 Å². The van der Waals surface area contributed by atoms with Gasteiger partial charge in [0.15, 0.2) is 0 Å². The van der Waals surface area contributed by atoms with Crippen LogP contribution < -0.4 is 5.32 Å². The molecule has 0 spiro atoms. The molecule has 3 aliphatic heterocycles. The van der Waals surface area contributed by atoms with Crippen molar-refractivity contribution in [1.29, 1.82) is 0 Å².